The van der Waals surface area contributed by atoms with Crippen molar-refractivity contribution in [3.8, 4) is 0 Å². The van der Waals surface area contributed by atoms with E-state index in [4.69, 9.17) is 4.74 Å². The summed E-state index contributed by atoms with van der Waals surface area (Å²) in [5, 5.41) is 2.86. The standard InChI is InChI=1S/C16H15NO2S/c18-14-12-7-4-8-13(12)16(19-14,15-17-9-10-20-15)11-5-2-1-3-6-11/h1-3,5-6,9-10,12-13H,4,7-8H2/t12-,13+,16+/m0/s1. The zero-order valence-electron chi connectivity index (χ0n) is 11.0. The maximum absolute atomic E-state index is 12.3. The maximum Gasteiger partial charge on any atom is 0.310 e. The van der Waals surface area contributed by atoms with Crippen molar-refractivity contribution in [1.82, 2.24) is 4.98 Å². The van der Waals surface area contributed by atoms with Gasteiger partial charge in [-0.15, -0.1) is 11.3 Å². The van der Waals surface area contributed by atoms with Crippen LogP contribution >= 0.6 is 11.3 Å². The minimum absolute atomic E-state index is 0.0408. The molecule has 2 aliphatic rings. The van der Waals surface area contributed by atoms with E-state index >= 15 is 0 Å². The lowest BCUT2D eigenvalue weighted by atomic mass is 9.78. The number of esters is 1. The van der Waals surface area contributed by atoms with Gasteiger partial charge in [0.1, 0.15) is 5.01 Å². The fraction of sp³-hybridized carbons (Fsp3) is 0.375. The number of fused-ring (bicyclic) bond motifs is 1. The first kappa shape index (κ1) is 12.1. The second-order valence-electron chi connectivity index (χ2n) is 5.50. The Balaban J connectivity index is 1.93. The lowest BCUT2D eigenvalue weighted by Gasteiger charge is -2.31. The number of ether oxygens (including phenoxy) is 1. The van der Waals surface area contributed by atoms with E-state index in [-0.39, 0.29) is 17.8 Å². The third kappa shape index (κ3) is 1.51. The average Bonchev–Trinajstić information content (AvgIpc) is 3.19. The van der Waals surface area contributed by atoms with Crippen LogP contribution in [0.3, 0.4) is 0 Å². The van der Waals surface area contributed by atoms with Gasteiger partial charge in [0.2, 0.25) is 0 Å². The minimum atomic E-state index is -0.659. The molecule has 0 unspecified atom stereocenters. The number of aromatic nitrogens is 1. The zero-order chi connectivity index (χ0) is 13.6. The van der Waals surface area contributed by atoms with Gasteiger partial charge in [0.05, 0.1) is 5.92 Å². The molecule has 1 saturated heterocycles. The largest absolute Gasteiger partial charge is 0.446 e. The molecule has 3 atom stereocenters. The average molecular weight is 285 g/mol. The van der Waals surface area contributed by atoms with Gasteiger partial charge in [-0.25, -0.2) is 4.98 Å². The molecule has 2 heterocycles. The fourth-order valence-electron chi connectivity index (χ4n) is 3.73. The van der Waals surface area contributed by atoms with Gasteiger partial charge in [0, 0.05) is 23.1 Å². The number of carbonyl (C=O) groups excluding carboxylic acids is 1. The monoisotopic (exact) mass is 285 g/mol. The minimum Gasteiger partial charge on any atom is -0.446 e. The van der Waals surface area contributed by atoms with Crippen molar-refractivity contribution in [2.75, 3.05) is 0 Å². The molecular formula is C16H15NO2S. The number of nitrogens with zero attached hydrogens (tertiary/aromatic N) is 1. The molecule has 0 radical (unpaired) electrons. The molecule has 1 aliphatic heterocycles. The van der Waals surface area contributed by atoms with Gasteiger partial charge in [-0.3, -0.25) is 4.79 Å². The summed E-state index contributed by atoms with van der Waals surface area (Å²) < 4.78 is 5.96. The number of rotatable bonds is 2. The van der Waals surface area contributed by atoms with E-state index in [0.29, 0.717) is 0 Å². The molecule has 102 valence electrons. The van der Waals surface area contributed by atoms with Crippen LogP contribution < -0.4 is 0 Å². The smallest absolute Gasteiger partial charge is 0.310 e. The van der Waals surface area contributed by atoms with Crippen LogP contribution in [0.1, 0.15) is 29.8 Å². The van der Waals surface area contributed by atoms with Crippen molar-refractivity contribution in [3.63, 3.8) is 0 Å². The highest BCUT2D eigenvalue weighted by atomic mass is 32.1. The van der Waals surface area contributed by atoms with E-state index < -0.39 is 5.60 Å². The third-order valence-corrected chi connectivity index (χ3v) is 5.44. The van der Waals surface area contributed by atoms with Crippen LogP contribution in [0.4, 0.5) is 0 Å². The van der Waals surface area contributed by atoms with Crippen LogP contribution in [-0.4, -0.2) is 11.0 Å². The Labute approximate surface area is 121 Å². The highest BCUT2D eigenvalue weighted by Crippen LogP contribution is 2.56. The lowest BCUT2D eigenvalue weighted by Crippen LogP contribution is -2.34. The van der Waals surface area contributed by atoms with E-state index in [0.717, 1.165) is 29.8 Å². The molecule has 4 rings (SSSR count). The van der Waals surface area contributed by atoms with Crippen LogP contribution in [-0.2, 0) is 15.1 Å². The van der Waals surface area contributed by atoms with Crippen molar-refractivity contribution in [2.24, 2.45) is 11.8 Å². The summed E-state index contributed by atoms with van der Waals surface area (Å²) >= 11 is 1.58. The van der Waals surface area contributed by atoms with Gasteiger partial charge in [-0.1, -0.05) is 36.8 Å². The van der Waals surface area contributed by atoms with Crippen LogP contribution in [0.15, 0.2) is 41.9 Å². The SMILES string of the molecule is O=C1O[C@@](c2ccccc2)(c2nccs2)[C@@H]2CCC[C@H]12. The molecule has 0 N–H and O–H groups in total. The molecule has 1 aromatic heterocycles. The Morgan fingerprint density at radius 2 is 2.10 bits per heavy atom. The van der Waals surface area contributed by atoms with E-state index in [1.807, 2.05) is 23.6 Å². The van der Waals surface area contributed by atoms with Crippen molar-refractivity contribution < 1.29 is 9.53 Å². The summed E-state index contributed by atoms with van der Waals surface area (Å²) in [4.78, 5) is 16.8. The number of benzene rings is 1. The Morgan fingerprint density at radius 1 is 1.25 bits per heavy atom. The quantitative estimate of drug-likeness (QED) is 0.794. The van der Waals surface area contributed by atoms with E-state index in [1.54, 1.807) is 17.5 Å². The molecule has 2 aromatic rings. The molecule has 1 aromatic carbocycles. The molecule has 3 nitrogen and oxygen atoms in total. The molecule has 2 fully saturated rings. The number of cyclic esters (lactones) is 1. The second kappa shape index (κ2) is 4.42. The van der Waals surface area contributed by atoms with E-state index in [9.17, 15) is 4.79 Å². The van der Waals surface area contributed by atoms with Gasteiger partial charge in [-0.2, -0.15) is 0 Å². The Kier molecular flexibility index (Phi) is 2.67. The second-order valence-corrected chi connectivity index (χ2v) is 6.40. The molecule has 4 heteroatoms. The van der Waals surface area contributed by atoms with Crippen LogP contribution in [0.5, 0.6) is 0 Å². The van der Waals surface area contributed by atoms with E-state index in [1.165, 1.54) is 0 Å². The number of hydrogen-bond acceptors (Lipinski definition) is 4. The molecule has 0 spiro atoms. The van der Waals surface area contributed by atoms with E-state index in [2.05, 4.69) is 17.1 Å². The Bertz CT molecular complexity index is 625. The van der Waals surface area contributed by atoms with Gasteiger partial charge >= 0.3 is 5.97 Å². The first-order valence-electron chi connectivity index (χ1n) is 7.01. The van der Waals surface area contributed by atoms with Crippen LogP contribution in [0.25, 0.3) is 0 Å². The predicted octanol–water partition coefficient (Wildman–Crippen LogP) is 3.36. The highest BCUT2D eigenvalue weighted by Gasteiger charge is 2.60. The molecule has 1 saturated carbocycles. The Morgan fingerprint density at radius 3 is 2.85 bits per heavy atom. The fourth-order valence-corrected chi connectivity index (χ4v) is 4.59. The van der Waals surface area contributed by atoms with Gasteiger partial charge in [0.25, 0.3) is 0 Å². The van der Waals surface area contributed by atoms with Gasteiger partial charge in [0.15, 0.2) is 5.60 Å². The van der Waals surface area contributed by atoms with Crippen LogP contribution in [0, 0.1) is 11.8 Å². The van der Waals surface area contributed by atoms with Crippen molar-refractivity contribution in [1.29, 1.82) is 0 Å². The molecule has 0 amide bonds. The molecule has 0 bridgehead atoms. The lowest BCUT2D eigenvalue weighted by molar-refractivity contribution is -0.149. The molecular weight excluding hydrogens is 270 g/mol. The summed E-state index contributed by atoms with van der Waals surface area (Å²) in [6.45, 7) is 0. The van der Waals surface area contributed by atoms with Crippen molar-refractivity contribution in [2.45, 2.75) is 24.9 Å². The maximum atomic E-state index is 12.3. The normalized spacial score (nSPS) is 32.1. The summed E-state index contributed by atoms with van der Waals surface area (Å²) in [5.74, 6) is 0.217. The number of thiazole rings is 1. The first-order chi connectivity index (χ1) is 9.82. The zero-order valence-corrected chi connectivity index (χ0v) is 11.8. The highest BCUT2D eigenvalue weighted by molar-refractivity contribution is 7.09. The number of hydrogen-bond donors (Lipinski definition) is 0. The Hall–Kier alpha value is -1.68. The van der Waals surface area contributed by atoms with Gasteiger partial charge in [-0.05, 0) is 12.8 Å². The topological polar surface area (TPSA) is 39.2 Å². The summed E-state index contributed by atoms with van der Waals surface area (Å²) in [7, 11) is 0. The predicted molar refractivity (Wildman–Crippen MR) is 76.3 cm³/mol. The van der Waals surface area contributed by atoms with Gasteiger partial charge < -0.3 is 4.74 Å². The first-order valence-corrected chi connectivity index (χ1v) is 7.88. The molecule has 20 heavy (non-hydrogen) atoms. The summed E-state index contributed by atoms with van der Waals surface area (Å²) in [6.07, 6.45) is 4.87. The van der Waals surface area contributed by atoms with Crippen molar-refractivity contribution in [3.05, 3.63) is 52.5 Å². The summed E-state index contributed by atoms with van der Waals surface area (Å²) in [5.41, 5.74) is 0.394. The van der Waals surface area contributed by atoms with Crippen LogP contribution in [0.2, 0.25) is 0 Å². The molecule has 1 aliphatic carbocycles. The summed E-state index contributed by atoms with van der Waals surface area (Å²) in [6, 6.07) is 10.1. The number of carbonyl (C=O) groups is 1. The third-order valence-electron chi connectivity index (χ3n) is 4.56. The van der Waals surface area contributed by atoms with Crippen molar-refractivity contribution >= 4 is 17.3 Å².